The first-order valence-corrected chi connectivity index (χ1v) is 7.45. The van der Waals surface area contributed by atoms with Crippen molar-refractivity contribution >= 4 is 11.3 Å². The zero-order valence-corrected chi connectivity index (χ0v) is 12.1. The number of methoxy groups -OCH3 is 1. The third-order valence-electron chi connectivity index (χ3n) is 3.16. The molecule has 1 aromatic heterocycles. The standard InChI is InChI=1S/C14H25NOS/c1-4-7-15-14(12(2)5-8-16-3)10-13-6-9-17-11-13/h6,9,11-12,14-15H,4-5,7-8,10H2,1-3H3. The summed E-state index contributed by atoms with van der Waals surface area (Å²) in [5, 5.41) is 8.08. The highest BCUT2D eigenvalue weighted by molar-refractivity contribution is 7.07. The Morgan fingerprint density at radius 1 is 1.47 bits per heavy atom. The van der Waals surface area contributed by atoms with Crippen molar-refractivity contribution in [2.24, 2.45) is 5.92 Å². The molecule has 0 aliphatic heterocycles. The van der Waals surface area contributed by atoms with Crippen LogP contribution in [0, 0.1) is 5.92 Å². The molecule has 2 nitrogen and oxygen atoms in total. The highest BCUT2D eigenvalue weighted by Crippen LogP contribution is 2.16. The molecule has 2 atom stereocenters. The van der Waals surface area contributed by atoms with Crippen molar-refractivity contribution in [3.8, 4) is 0 Å². The van der Waals surface area contributed by atoms with E-state index in [0.29, 0.717) is 12.0 Å². The first kappa shape index (κ1) is 14.7. The smallest absolute Gasteiger partial charge is 0.0465 e. The number of rotatable bonds is 9. The lowest BCUT2D eigenvalue weighted by Crippen LogP contribution is -2.37. The Morgan fingerprint density at radius 2 is 2.29 bits per heavy atom. The Morgan fingerprint density at radius 3 is 2.88 bits per heavy atom. The lowest BCUT2D eigenvalue weighted by Gasteiger charge is -2.25. The quantitative estimate of drug-likeness (QED) is 0.731. The van der Waals surface area contributed by atoms with E-state index >= 15 is 0 Å². The van der Waals surface area contributed by atoms with Crippen LogP contribution in [0.4, 0.5) is 0 Å². The Labute approximate surface area is 109 Å². The van der Waals surface area contributed by atoms with E-state index in [9.17, 15) is 0 Å². The summed E-state index contributed by atoms with van der Waals surface area (Å²) in [6, 6.07) is 2.80. The van der Waals surface area contributed by atoms with Gasteiger partial charge in [0, 0.05) is 19.8 Å². The molecular formula is C14H25NOS. The second-order valence-corrected chi connectivity index (χ2v) is 5.44. The van der Waals surface area contributed by atoms with Crippen molar-refractivity contribution in [1.82, 2.24) is 5.32 Å². The average molecular weight is 255 g/mol. The van der Waals surface area contributed by atoms with Crippen molar-refractivity contribution in [3.05, 3.63) is 22.4 Å². The maximum Gasteiger partial charge on any atom is 0.0465 e. The Bertz CT molecular complexity index is 274. The molecule has 98 valence electrons. The van der Waals surface area contributed by atoms with E-state index in [4.69, 9.17) is 4.74 Å². The molecule has 0 saturated carbocycles. The molecule has 0 spiro atoms. The Kier molecular flexibility index (Phi) is 7.49. The monoisotopic (exact) mass is 255 g/mol. The fraction of sp³-hybridized carbons (Fsp3) is 0.714. The lowest BCUT2D eigenvalue weighted by atomic mass is 9.93. The topological polar surface area (TPSA) is 21.3 Å². The number of ether oxygens (including phenoxy) is 1. The predicted octanol–water partition coefficient (Wildman–Crippen LogP) is 3.33. The van der Waals surface area contributed by atoms with E-state index in [1.807, 2.05) is 0 Å². The van der Waals surface area contributed by atoms with Crippen LogP contribution in [0.15, 0.2) is 16.8 Å². The Hall–Kier alpha value is -0.380. The van der Waals surface area contributed by atoms with Gasteiger partial charge in [0.15, 0.2) is 0 Å². The predicted molar refractivity (Wildman–Crippen MR) is 75.8 cm³/mol. The molecule has 0 fully saturated rings. The molecule has 1 N–H and O–H groups in total. The molecule has 1 rings (SSSR count). The number of hydrogen-bond donors (Lipinski definition) is 1. The molecule has 0 aliphatic rings. The van der Waals surface area contributed by atoms with Crippen molar-refractivity contribution in [3.63, 3.8) is 0 Å². The highest BCUT2D eigenvalue weighted by atomic mass is 32.1. The molecule has 1 aromatic rings. The van der Waals surface area contributed by atoms with Crippen molar-refractivity contribution in [1.29, 1.82) is 0 Å². The molecule has 0 aromatic carbocycles. The second-order valence-electron chi connectivity index (χ2n) is 4.66. The zero-order chi connectivity index (χ0) is 12.5. The van der Waals surface area contributed by atoms with E-state index < -0.39 is 0 Å². The summed E-state index contributed by atoms with van der Waals surface area (Å²) in [5.41, 5.74) is 1.45. The van der Waals surface area contributed by atoms with E-state index in [-0.39, 0.29) is 0 Å². The van der Waals surface area contributed by atoms with Crippen molar-refractivity contribution in [2.75, 3.05) is 20.3 Å². The minimum absolute atomic E-state index is 0.569. The van der Waals surface area contributed by atoms with Crippen molar-refractivity contribution in [2.45, 2.75) is 39.2 Å². The van der Waals surface area contributed by atoms with E-state index in [0.717, 1.165) is 26.0 Å². The van der Waals surface area contributed by atoms with Crippen LogP contribution in [0.5, 0.6) is 0 Å². The van der Waals surface area contributed by atoms with E-state index in [2.05, 4.69) is 36.0 Å². The number of hydrogen-bond acceptors (Lipinski definition) is 3. The number of thiophene rings is 1. The molecule has 1 heterocycles. The van der Waals surface area contributed by atoms with Gasteiger partial charge in [-0.15, -0.1) is 0 Å². The third-order valence-corrected chi connectivity index (χ3v) is 3.89. The number of nitrogens with one attached hydrogen (secondary N) is 1. The van der Waals surface area contributed by atoms with Gasteiger partial charge >= 0.3 is 0 Å². The summed E-state index contributed by atoms with van der Waals surface area (Å²) in [6.45, 7) is 6.49. The van der Waals surface area contributed by atoms with Gasteiger partial charge in [-0.1, -0.05) is 13.8 Å². The maximum atomic E-state index is 5.18. The molecule has 3 heteroatoms. The molecule has 0 aliphatic carbocycles. The SMILES string of the molecule is CCCNC(Cc1ccsc1)C(C)CCOC. The first-order chi connectivity index (χ1) is 8.27. The van der Waals surface area contributed by atoms with Crippen LogP contribution in [0.3, 0.4) is 0 Å². The van der Waals surface area contributed by atoms with Crippen LogP contribution in [-0.4, -0.2) is 26.3 Å². The minimum Gasteiger partial charge on any atom is -0.385 e. The third kappa shape index (κ3) is 5.66. The highest BCUT2D eigenvalue weighted by Gasteiger charge is 2.16. The van der Waals surface area contributed by atoms with Gasteiger partial charge in [-0.05, 0) is 54.1 Å². The van der Waals surface area contributed by atoms with Crippen LogP contribution < -0.4 is 5.32 Å². The molecular weight excluding hydrogens is 230 g/mol. The van der Waals surface area contributed by atoms with Gasteiger partial charge < -0.3 is 10.1 Å². The summed E-state index contributed by atoms with van der Waals surface area (Å²) in [4.78, 5) is 0. The van der Waals surface area contributed by atoms with E-state index in [1.165, 1.54) is 12.0 Å². The Balaban J connectivity index is 2.46. The van der Waals surface area contributed by atoms with Gasteiger partial charge in [-0.25, -0.2) is 0 Å². The van der Waals surface area contributed by atoms with Gasteiger partial charge in [0.25, 0.3) is 0 Å². The zero-order valence-electron chi connectivity index (χ0n) is 11.2. The average Bonchev–Trinajstić information content (AvgIpc) is 2.84. The van der Waals surface area contributed by atoms with Crippen molar-refractivity contribution < 1.29 is 4.74 Å². The largest absolute Gasteiger partial charge is 0.385 e. The van der Waals surface area contributed by atoms with Crippen LogP contribution >= 0.6 is 11.3 Å². The second kappa shape index (κ2) is 8.67. The van der Waals surface area contributed by atoms with Crippen LogP contribution in [-0.2, 0) is 11.2 Å². The fourth-order valence-corrected chi connectivity index (χ4v) is 2.65. The minimum atomic E-state index is 0.569. The molecule has 0 radical (unpaired) electrons. The summed E-state index contributed by atoms with van der Waals surface area (Å²) in [5.74, 6) is 0.654. The fourth-order valence-electron chi connectivity index (χ4n) is 1.97. The van der Waals surface area contributed by atoms with Gasteiger partial charge in [0.1, 0.15) is 0 Å². The van der Waals surface area contributed by atoms with Gasteiger partial charge in [-0.3, -0.25) is 0 Å². The van der Waals surface area contributed by atoms with Gasteiger partial charge in [0.2, 0.25) is 0 Å². The van der Waals surface area contributed by atoms with E-state index in [1.54, 1.807) is 18.4 Å². The van der Waals surface area contributed by atoms with Crippen LogP contribution in [0.25, 0.3) is 0 Å². The van der Waals surface area contributed by atoms with Crippen LogP contribution in [0.1, 0.15) is 32.3 Å². The van der Waals surface area contributed by atoms with Crippen LogP contribution in [0.2, 0.25) is 0 Å². The molecule has 2 unspecified atom stereocenters. The summed E-state index contributed by atoms with van der Waals surface area (Å²) in [6.07, 6.45) is 3.45. The van der Waals surface area contributed by atoms with Gasteiger partial charge in [0.05, 0.1) is 0 Å². The molecule has 0 saturated heterocycles. The molecule has 0 amide bonds. The maximum absolute atomic E-state index is 5.18. The molecule has 0 bridgehead atoms. The first-order valence-electron chi connectivity index (χ1n) is 6.51. The summed E-state index contributed by atoms with van der Waals surface area (Å²) < 4.78 is 5.18. The summed E-state index contributed by atoms with van der Waals surface area (Å²) >= 11 is 1.78. The molecule has 17 heavy (non-hydrogen) atoms. The summed E-state index contributed by atoms with van der Waals surface area (Å²) in [7, 11) is 1.78. The normalized spacial score (nSPS) is 14.8. The van der Waals surface area contributed by atoms with Gasteiger partial charge in [-0.2, -0.15) is 11.3 Å². The lowest BCUT2D eigenvalue weighted by molar-refractivity contribution is 0.170.